The van der Waals surface area contributed by atoms with E-state index in [4.69, 9.17) is 0 Å². The zero-order chi connectivity index (χ0) is 21.2. The van der Waals surface area contributed by atoms with Gasteiger partial charge in [0.25, 0.3) is 11.9 Å². The molecule has 5 rings (SSSR count). The Morgan fingerprint density at radius 1 is 0.938 bits per heavy atom. The lowest BCUT2D eigenvalue weighted by molar-refractivity contribution is 0.102. The number of hydrogen-bond acceptors (Lipinski definition) is 4. The van der Waals surface area contributed by atoms with E-state index in [1.54, 1.807) is 16.8 Å². The summed E-state index contributed by atoms with van der Waals surface area (Å²) in [4.78, 5) is 17.2. The molecule has 32 heavy (non-hydrogen) atoms. The van der Waals surface area contributed by atoms with E-state index in [0.717, 1.165) is 22.4 Å². The number of halogens is 1. The molecule has 3 aromatic carbocycles. The Kier molecular flexibility index (Phi) is 6.05. The summed E-state index contributed by atoms with van der Waals surface area (Å²) in [7, 11) is 0. The summed E-state index contributed by atoms with van der Waals surface area (Å²) in [5.74, 6) is 0.599. The van der Waals surface area contributed by atoms with Crippen molar-refractivity contribution >= 4 is 35.9 Å². The number of amides is 1. The van der Waals surface area contributed by atoms with Gasteiger partial charge in [-0.05, 0) is 36.3 Å². The van der Waals surface area contributed by atoms with Crippen LogP contribution in [0.4, 0.5) is 11.9 Å². The molecule has 1 unspecified atom stereocenters. The number of fused-ring (bicyclic) bond motifs is 1. The summed E-state index contributed by atoms with van der Waals surface area (Å²) in [6.07, 6.45) is 2.12. The second kappa shape index (κ2) is 9.08. The smallest absolute Gasteiger partial charge is 0.258 e. The number of nitrogens with zero attached hydrogens (tertiary/aromatic N) is 3. The van der Waals surface area contributed by atoms with Gasteiger partial charge in [-0.15, -0.1) is 17.5 Å². The van der Waals surface area contributed by atoms with Crippen molar-refractivity contribution in [2.45, 2.75) is 13.0 Å². The van der Waals surface area contributed by atoms with Gasteiger partial charge in [-0.1, -0.05) is 78.4 Å². The van der Waals surface area contributed by atoms with Crippen LogP contribution in [0.25, 0.3) is 5.70 Å². The van der Waals surface area contributed by atoms with E-state index in [2.05, 4.69) is 38.9 Å². The maximum atomic E-state index is 12.6. The molecule has 1 aromatic heterocycles. The molecule has 1 aliphatic heterocycles. The van der Waals surface area contributed by atoms with Gasteiger partial charge in [0.1, 0.15) is 6.04 Å². The summed E-state index contributed by atoms with van der Waals surface area (Å²) in [6, 6.07) is 27.5. The van der Waals surface area contributed by atoms with Crippen LogP contribution in [0, 0.1) is 6.92 Å². The van der Waals surface area contributed by atoms with E-state index in [0.29, 0.717) is 11.5 Å². The van der Waals surface area contributed by atoms with E-state index in [1.807, 2.05) is 67.6 Å². The fourth-order valence-corrected chi connectivity index (χ4v) is 3.60. The van der Waals surface area contributed by atoms with Crippen molar-refractivity contribution in [1.82, 2.24) is 14.8 Å². The molecule has 0 fully saturated rings. The van der Waals surface area contributed by atoms with E-state index < -0.39 is 0 Å². The molecule has 1 amide bonds. The average molecular weight is 444 g/mol. The molecular formula is C25H22ClN5O. The summed E-state index contributed by atoms with van der Waals surface area (Å²) < 4.78 is 1.80. The minimum absolute atomic E-state index is 0. The third kappa shape index (κ3) is 4.26. The highest BCUT2D eigenvalue weighted by molar-refractivity contribution is 6.03. The molecule has 1 atom stereocenters. The standard InChI is InChI=1S/C25H21N5O.ClH/c1-17-12-14-20(15-13-17)23(31)27-24-28-25-26-21(18-8-4-2-5-9-18)16-22(30(25)29-24)19-10-6-3-7-11-19;/h2-16,22H,1H3,(H2,26,27,28,29,31);1H. The highest BCUT2D eigenvalue weighted by Crippen LogP contribution is 2.33. The third-order valence-corrected chi connectivity index (χ3v) is 5.23. The normalized spacial score (nSPS) is 14.4. The average Bonchev–Trinajstić information content (AvgIpc) is 3.22. The van der Waals surface area contributed by atoms with E-state index in [9.17, 15) is 4.79 Å². The number of aromatic nitrogens is 3. The Morgan fingerprint density at radius 3 is 2.28 bits per heavy atom. The molecule has 0 spiro atoms. The quantitative estimate of drug-likeness (QED) is 0.448. The number of carbonyl (C=O) groups excluding carboxylic acids is 1. The Morgan fingerprint density at radius 2 is 1.59 bits per heavy atom. The fraction of sp³-hybridized carbons (Fsp3) is 0.0800. The molecule has 7 heteroatoms. The molecular weight excluding hydrogens is 422 g/mol. The second-order valence-corrected chi connectivity index (χ2v) is 7.45. The number of allylic oxidation sites excluding steroid dienone is 1. The van der Waals surface area contributed by atoms with Crippen molar-refractivity contribution in [3.05, 3.63) is 113 Å². The van der Waals surface area contributed by atoms with Crippen LogP contribution in [-0.4, -0.2) is 20.7 Å². The highest BCUT2D eigenvalue weighted by atomic mass is 35.5. The van der Waals surface area contributed by atoms with Crippen LogP contribution in [-0.2, 0) is 0 Å². The van der Waals surface area contributed by atoms with Gasteiger partial charge in [0.05, 0.1) is 0 Å². The predicted molar refractivity (Wildman–Crippen MR) is 129 cm³/mol. The molecule has 0 radical (unpaired) electrons. The van der Waals surface area contributed by atoms with Crippen molar-refractivity contribution in [3.8, 4) is 0 Å². The monoisotopic (exact) mass is 443 g/mol. The van der Waals surface area contributed by atoms with Crippen molar-refractivity contribution < 1.29 is 4.79 Å². The molecule has 160 valence electrons. The zero-order valence-electron chi connectivity index (χ0n) is 17.4. The molecule has 2 heterocycles. The van der Waals surface area contributed by atoms with Crippen LogP contribution in [0.1, 0.15) is 33.1 Å². The number of anilines is 2. The summed E-state index contributed by atoms with van der Waals surface area (Å²) in [5, 5.41) is 10.8. The van der Waals surface area contributed by atoms with Crippen LogP contribution < -0.4 is 10.6 Å². The maximum Gasteiger partial charge on any atom is 0.258 e. The third-order valence-electron chi connectivity index (χ3n) is 5.23. The van der Waals surface area contributed by atoms with Crippen molar-refractivity contribution in [2.24, 2.45) is 0 Å². The van der Waals surface area contributed by atoms with Gasteiger partial charge in [-0.3, -0.25) is 10.1 Å². The summed E-state index contributed by atoms with van der Waals surface area (Å²) in [5.41, 5.74) is 4.75. The first-order chi connectivity index (χ1) is 15.2. The minimum atomic E-state index is -0.240. The molecule has 6 nitrogen and oxygen atoms in total. The molecule has 4 aromatic rings. The number of aryl methyl sites for hydroxylation is 1. The van der Waals surface area contributed by atoms with E-state index >= 15 is 0 Å². The molecule has 0 aliphatic carbocycles. The summed E-state index contributed by atoms with van der Waals surface area (Å²) in [6.45, 7) is 1.99. The molecule has 2 N–H and O–H groups in total. The van der Waals surface area contributed by atoms with Crippen LogP contribution in [0.5, 0.6) is 0 Å². The van der Waals surface area contributed by atoms with Crippen molar-refractivity contribution in [1.29, 1.82) is 0 Å². The summed E-state index contributed by atoms with van der Waals surface area (Å²) >= 11 is 0. The Bertz CT molecular complexity index is 1250. The van der Waals surface area contributed by atoms with E-state index in [-0.39, 0.29) is 30.3 Å². The number of nitrogens with one attached hydrogen (secondary N) is 2. The largest absolute Gasteiger partial charge is 0.324 e. The highest BCUT2D eigenvalue weighted by Gasteiger charge is 2.25. The van der Waals surface area contributed by atoms with E-state index in [1.165, 1.54) is 0 Å². The number of hydrogen-bond donors (Lipinski definition) is 2. The number of rotatable bonds is 4. The van der Waals surface area contributed by atoms with Crippen LogP contribution in [0.2, 0.25) is 0 Å². The molecule has 0 bridgehead atoms. The van der Waals surface area contributed by atoms with Gasteiger partial charge in [0, 0.05) is 11.3 Å². The number of benzene rings is 3. The van der Waals surface area contributed by atoms with Gasteiger partial charge >= 0.3 is 0 Å². The molecule has 0 saturated heterocycles. The first kappa shape index (κ1) is 21.3. The Balaban J connectivity index is 0.00000245. The van der Waals surface area contributed by atoms with Crippen LogP contribution in [0.15, 0.2) is 91.0 Å². The maximum absolute atomic E-state index is 12.6. The molecule has 1 aliphatic rings. The van der Waals surface area contributed by atoms with Gasteiger partial charge in [-0.25, -0.2) is 4.68 Å². The predicted octanol–water partition coefficient (Wildman–Crippen LogP) is 5.32. The van der Waals surface area contributed by atoms with Crippen LogP contribution in [0.3, 0.4) is 0 Å². The Hall–Kier alpha value is -3.90. The lowest BCUT2D eigenvalue weighted by atomic mass is 10.0. The SMILES string of the molecule is Cc1ccc(C(=O)Nc2nc3n(n2)C(c2ccccc2)C=C(c2ccccc2)N3)cc1.Cl. The topological polar surface area (TPSA) is 71.8 Å². The first-order valence-electron chi connectivity index (χ1n) is 10.1. The van der Waals surface area contributed by atoms with Gasteiger partial charge in [0.2, 0.25) is 5.95 Å². The van der Waals surface area contributed by atoms with Crippen molar-refractivity contribution in [2.75, 3.05) is 10.6 Å². The molecule has 0 saturated carbocycles. The van der Waals surface area contributed by atoms with Crippen LogP contribution >= 0.6 is 12.4 Å². The lowest BCUT2D eigenvalue weighted by Gasteiger charge is -2.24. The van der Waals surface area contributed by atoms with Gasteiger partial charge < -0.3 is 5.32 Å². The Labute approximate surface area is 192 Å². The lowest BCUT2D eigenvalue weighted by Crippen LogP contribution is -2.20. The second-order valence-electron chi connectivity index (χ2n) is 7.45. The minimum Gasteiger partial charge on any atom is -0.324 e. The van der Waals surface area contributed by atoms with Gasteiger partial charge in [-0.2, -0.15) is 4.98 Å². The van der Waals surface area contributed by atoms with Crippen molar-refractivity contribution in [3.63, 3.8) is 0 Å². The number of carbonyl (C=O) groups is 1. The zero-order valence-corrected chi connectivity index (χ0v) is 18.2. The van der Waals surface area contributed by atoms with Gasteiger partial charge in [0.15, 0.2) is 0 Å². The fourth-order valence-electron chi connectivity index (χ4n) is 3.60. The first-order valence-corrected chi connectivity index (χ1v) is 10.1.